The lowest BCUT2D eigenvalue weighted by Crippen LogP contribution is -2.57. The van der Waals surface area contributed by atoms with Crippen molar-refractivity contribution in [3.8, 4) is 0 Å². The molecule has 0 aromatic rings. The van der Waals surface area contributed by atoms with Crippen LogP contribution in [0.15, 0.2) is 0 Å². The van der Waals surface area contributed by atoms with Crippen LogP contribution < -0.4 is 0 Å². The van der Waals surface area contributed by atoms with E-state index in [0.29, 0.717) is 18.6 Å². The number of hydrogen-bond acceptors (Lipinski definition) is 4. The minimum atomic E-state index is -0.0932. The van der Waals surface area contributed by atoms with Crippen LogP contribution in [0.5, 0.6) is 0 Å². The number of hydrogen-bond donors (Lipinski definition) is 0. The van der Waals surface area contributed by atoms with E-state index in [0.717, 1.165) is 6.54 Å². The first kappa shape index (κ1) is 15.4. The van der Waals surface area contributed by atoms with Crippen LogP contribution in [0.25, 0.3) is 0 Å². The third kappa shape index (κ3) is 3.69. The van der Waals surface area contributed by atoms with Crippen LogP contribution in [0.4, 0.5) is 0 Å². The Morgan fingerprint density at radius 1 is 1.33 bits per heavy atom. The normalized spacial score (nSPS) is 19.7. The number of nitrogens with zero attached hydrogens (tertiary/aromatic N) is 2. The molecule has 1 rings (SSSR count). The van der Waals surface area contributed by atoms with Crippen LogP contribution >= 0.6 is 0 Å². The summed E-state index contributed by atoms with van der Waals surface area (Å²) in [7, 11) is 6.42. The lowest BCUT2D eigenvalue weighted by Gasteiger charge is -2.50. The van der Waals surface area contributed by atoms with Crippen LogP contribution in [0.3, 0.4) is 0 Å². The van der Waals surface area contributed by atoms with Gasteiger partial charge in [-0.1, -0.05) is 0 Å². The molecule has 0 aromatic heterocycles. The number of rotatable bonds is 7. The Hall–Kier alpha value is -0.610. The van der Waals surface area contributed by atoms with Crippen molar-refractivity contribution in [2.24, 2.45) is 0 Å². The van der Waals surface area contributed by atoms with Gasteiger partial charge in [0.15, 0.2) is 0 Å². The summed E-state index contributed by atoms with van der Waals surface area (Å²) in [6.07, 6.45) is 4.32. The van der Waals surface area contributed by atoms with Crippen LogP contribution in [0.2, 0.25) is 0 Å². The highest BCUT2D eigenvalue weighted by Gasteiger charge is 2.40. The molecule has 0 saturated heterocycles. The molecule has 1 unspecified atom stereocenters. The molecule has 1 aliphatic carbocycles. The first-order chi connectivity index (χ1) is 8.41. The summed E-state index contributed by atoms with van der Waals surface area (Å²) in [5, 5.41) is 0. The summed E-state index contributed by atoms with van der Waals surface area (Å²) >= 11 is 0. The van der Waals surface area contributed by atoms with Crippen LogP contribution in [0, 0.1) is 0 Å². The Morgan fingerprint density at radius 2 is 1.94 bits per heavy atom. The predicted octanol–water partition coefficient (Wildman–Crippen LogP) is 1.74. The molecule has 0 aliphatic heterocycles. The van der Waals surface area contributed by atoms with E-state index < -0.39 is 0 Å². The minimum Gasteiger partial charge on any atom is -0.466 e. The van der Waals surface area contributed by atoms with Crippen molar-refractivity contribution in [2.45, 2.75) is 51.1 Å². The summed E-state index contributed by atoms with van der Waals surface area (Å²) < 4.78 is 5.00. The fraction of sp³-hybridized carbons (Fsp3) is 0.929. The number of ether oxygens (including phenoxy) is 1. The van der Waals surface area contributed by atoms with Gasteiger partial charge in [0.1, 0.15) is 0 Å². The molecule has 18 heavy (non-hydrogen) atoms. The van der Waals surface area contributed by atoms with Gasteiger partial charge >= 0.3 is 5.97 Å². The third-order valence-electron chi connectivity index (χ3n) is 4.30. The number of likely N-dealkylation sites (N-methyl/N-ethyl adjacent to an activating group) is 2. The highest BCUT2D eigenvalue weighted by molar-refractivity contribution is 5.70. The highest BCUT2D eigenvalue weighted by Crippen LogP contribution is 2.37. The van der Waals surface area contributed by atoms with E-state index in [1.165, 1.54) is 19.3 Å². The van der Waals surface area contributed by atoms with Gasteiger partial charge in [0.05, 0.1) is 13.0 Å². The van der Waals surface area contributed by atoms with Crippen molar-refractivity contribution in [1.29, 1.82) is 0 Å². The molecule has 0 N–H and O–H groups in total. The van der Waals surface area contributed by atoms with Gasteiger partial charge in [-0.2, -0.15) is 0 Å². The Balaban J connectivity index is 2.44. The van der Waals surface area contributed by atoms with Crippen molar-refractivity contribution in [2.75, 3.05) is 34.3 Å². The minimum absolute atomic E-state index is 0.0932. The van der Waals surface area contributed by atoms with Gasteiger partial charge in [0, 0.05) is 18.1 Å². The maximum atomic E-state index is 11.5. The SMILES string of the molecule is CCOC(=O)CC(C)N(C)CC1(N(C)C)CCC1. The van der Waals surface area contributed by atoms with E-state index in [1.807, 2.05) is 6.92 Å². The van der Waals surface area contributed by atoms with Gasteiger partial charge in [-0.3, -0.25) is 4.79 Å². The smallest absolute Gasteiger partial charge is 0.307 e. The van der Waals surface area contributed by atoms with Crippen LogP contribution in [0.1, 0.15) is 39.5 Å². The molecule has 1 fully saturated rings. The fourth-order valence-corrected chi connectivity index (χ4v) is 2.57. The largest absolute Gasteiger partial charge is 0.466 e. The van der Waals surface area contributed by atoms with Gasteiger partial charge in [0.25, 0.3) is 0 Å². The van der Waals surface area contributed by atoms with Gasteiger partial charge in [-0.25, -0.2) is 0 Å². The van der Waals surface area contributed by atoms with E-state index in [-0.39, 0.29) is 12.0 Å². The predicted molar refractivity (Wildman–Crippen MR) is 73.6 cm³/mol. The fourth-order valence-electron chi connectivity index (χ4n) is 2.57. The molecule has 0 heterocycles. The molecule has 1 aliphatic rings. The lowest BCUT2D eigenvalue weighted by molar-refractivity contribution is -0.144. The Bertz CT molecular complexity index is 275. The van der Waals surface area contributed by atoms with Gasteiger partial charge in [-0.05, 0) is 54.3 Å². The first-order valence-corrected chi connectivity index (χ1v) is 6.94. The quantitative estimate of drug-likeness (QED) is 0.650. The molecule has 0 bridgehead atoms. The molecule has 1 saturated carbocycles. The lowest BCUT2D eigenvalue weighted by atomic mass is 9.75. The van der Waals surface area contributed by atoms with E-state index >= 15 is 0 Å². The van der Waals surface area contributed by atoms with E-state index in [4.69, 9.17) is 4.74 Å². The zero-order valence-electron chi connectivity index (χ0n) is 12.5. The number of esters is 1. The second-order valence-electron chi connectivity index (χ2n) is 5.75. The second kappa shape index (κ2) is 6.53. The van der Waals surface area contributed by atoms with E-state index in [2.05, 4.69) is 37.9 Å². The summed E-state index contributed by atoms with van der Waals surface area (Å²) in [4.78, 5) is 16.1. The molecule has 4 heteroatoms. The zero-order valence-corrected chi connectivity index (χ0v) is 12.5. The maximum Gasteiger partial charge on any atom is 0.307 e. The van der Waals surface area contributed by atoms with Crippen molar-refractivity contribution < 1.29 is 9.53 Å². The van der Waals surface area contributed by atoms with Crippen molar-refractivity contribution in [1.82, 2.24) is 9.80 Å². The van der Waals surface area contributed by atoms with Crippen molar-refractivity contribution in [3.05, 3.63) is 0 Å². The molecular weight excluding hydrogens is 228 g/mol. The maximum absolute atomic E-state index is 11.5. The molecule has 106 valence electrons. The van der Waals surface area contributed by atoms with Crippen molar-refractivity contribution in [3.63, 3.8) is 0 Å². The second-order valence-corrected chi connectivity index (χ2v) is 5.75. The monoisotopic (exact) mass is 256 g/mol. The molecule has 1 atom stereocenters. The third-order valence-corrected chi connectivity index (χ3v) is 4.30. The average Bonchev–Trinajstić information content (AvgIpc) is 2.22. The van der Waals surface area contributed by atoms with Gasteiger partial charge in [0.2, 0.25) is 0 Å². The molecule has 0 amide bonds. The zero-order chi connectivity index (χ0) is 13.8. The van der Waals surface area contributed by atoms with Crippen molar-refractivity contribution >= 4 is 5.97 Å². The topological polar surface area (TPSA) is 32.8 Å². The summed E-state index contributed by atoms with van der Waals surface area (Å²) in [5.41, 5.74) is 0.317. The standard InChI is InChI=1S/C14H28N2O2/c1-6-18-13(17)10-12(2)16(5)11-14(15(3)4)8-7-9-14/h12H,6-11H2,1-5H3. The number of carbonyl (C=O) groups excluding carboxylic acids is 1. The summed E-state index contributed by atoms with van der Waals surface area (Å²) in [6, 6.07) is 0.237. The molecular formula is C14H28N2O2. The van der Waals surface area contributed by atoms with Gasteiger partial charge < -0.3 is 14.5 Å². The van der Waals surface area contributed by atoms with Crippen LogP contribution in [-0.4, -0.2) is 61.6 Å². The van der Waals surface area contributed by atoms with E-state index in [9.17, 15) is 4.79 Å². The Kier molecular flexibility index (Phi) is 5.60. The van der Waals surface area contributed by atoms with E-state index in [1.54, 1.807) is 0 Å². The summed E-state index contributed by atoms with van der Waals surface area (Å²) in [6.45, 7) is 5.44. The molecule has 4 nitrogen and oxygen atoms in total. The average molecular weight is 256 g/mol. The molecule has 0 spiro atoms. The van der Waals surface area contributed by atoms with Crippen LogP contribution in [-0.2, 0) is 9.53 Å². The van der Waals surface area contributed by atoms with Gasteiger partial charge in [-0.15, -0.1) is 0 Å². The summed E-state index contributed by atoms with van der Waals surface area (Å²) in [5.74, 6) is -0.0932. The number of carbonyl (C=O) groups is 1. The Morgan fingerprint density at radius 3 is 2.33 bits per heavy atom. The highest BCUT2D eigenvalue weighted by atomic mass is 16.5. The first-order valence-electron chi connectivity index (χ1n) is 6.94. The Labute approximate surface area is 111 Å². The molecule has 0 radical (unpaired) electrons. The molecule has 0 aromatic carbocycles.